The van der Waals surface area contributed by atoms with Crippen LogP contribution in [0, 0.1) is 11.3 Å². The van der Waals surface area contributed by atoms with Crippen LogP contribution < -0.4 is 10.6 Å². The van der Waals surface area contributed by atoms with Gasteiger partial charge in [-0.2, -0.15) is 5.26 Å². The molecule has 3 N–H and O–H groups in total. The Balaban J connectivity index is 1.42. The van der Waals surface area contributed by atoms with Crippen LogP contribution in [-0.2, 0) is 7.05 Å². The first kappa shape index (κ1) is 18.2. The van der Waals surface area contributed by atoms with Crippen molar-refractivity contribution in [2.24, 2.45) is 7.05 Å². The fourth-order valence-corrected chi connectivity index (χ4v) is 3.81. The smallest absolute Gasteiger partial charge is 0.253 e. The van der Waals surface area contributed by atoms with Gasteiger partial charge < -0.3 is 20.2 Å². The molecule has 144 valence electrons. The molecule has 2 aromatic heterocycles. The molecule has 1 saturated heterocycles. The first-order valence-electron chi connectivity index (χ1n) is 9.39. The number of hydrogen-bond donors (Lipinski definition) is 3. The third-order valence-corrected chi connectivity index (χ3v) is 5.28. The fraction of sp³-hybridized carbons (Fsp3) is 0.350. The predicted octanol–water partition coefficient (Wildman–Crippen LogP) is 1.15. The summed E-state index contributed by atoms with van der Waals surface area (Å²) in [5.74, 6) is 0.888. The van der Waals surface area contributed by atoms with Crippen molar-refractivity contribution in [1.82, 2.24) is 30.1 Å². The minimum atomic E-state index is -0.138. The van der Waals surface area contributed by atoms with E-state index in [0.29, 0.717) is 23.2 Å². The Morgan fingerprint density at radius 2 is 2.36 bits per heavy atom. The van der Waals surface area contributed by atoms with Crippen molar-refractivity contribution in [3.05, 3.63) is 53.7 Å². The monoisotopic (exact) mass is 377 g/mol. The number of aryl methyl sites for hydroxylation is 1. The summed E-state index contributed by atoms with van der Waals surface area (Å²) in [5.41, 5.74) is 1.80. The molecule has 1 fully saturated rings. The van der Waals surface area contributed by atoms with E-state index < -0.39 is 0 Å². The third kappa shape index (κ3) is 3.38. The average molecular weight is 377 g/mol. The number of benzene rings is 1. The zero-order chi connectivity index (χ0) is 19.5. The lowest BCUT2D eigenvalue weighted by molar-refractivity contribution is 0.0938. The Kier molecular flexibility index (Phi) is 5.10. The first-order chi connectivity index (χ1) is 13.7. The summed E-state index contributed by atoms with van der Waals surface area (Å²) >= 11 is 0. The van der Waals surface area contributed by atoms with Gasteiger partial charge in [0.05, 0.1) is 22.7 Å². The number of hydrogen-bond acceptors (Lipinski definition) is 5. The highest BCUT2D eigenvalue weighted by molar-refractivity contribution is 6.06. The van der Waals surface area contributed by atoms with Crippen LogP contribution in [0.4, 0.5) is 0 Å². The molecule has 0 radical (unpaired) electrons. The van der Waals surface area contributed by atoms with Gasteiger partial charge in [-0.25, -0.2) is 4.98 Å². The van der Waals surface area contributed by atoms with Crippen LogP contribution in [0.2, 0.25) is 0 Å². The number of para-hydroxylation sites is 1. The summed E-state index contributed by atoms with van der Waals surface area (Å²) < 4.78 is 2.04. The maximum Gasteiger partial charge on any atom is 0.253 e. The zero-order valence-corrected chi connectivity index (χ0v) is 15.8. The Morgan fingerprint density at radius 1 is 1.46 bits per heavy atom. The zero-order valence-electron chi connectivity index (χ0n) is 15.8. The number of nitrogens with one attached hydrogen (secondary N) is 3. The molecule has 1 aromatic carbocycles. The predicted molar refractivity (Wildman–Crippen MR) is 106 cm³/mol. The number of rotatable bonds is 5. The van der Waals surface area contributed by atoms with Crippen LogP contribution in [0.15, 0.2) is 36.8 Å². The van der Waals surface area contributed by atoms with E-state index in [1.807, 2.05) is 30.1 Å². The highest BCUT2D eigenvalue weighted by atomic mass is 16.1. The quantitative estimate of drug-likeness (QED) is 0.619. The molecule has 1 aliphatic heterocycles. The summed E-state index contributed by atoms with van der Waals surface area (Å²) in [6.45, 7) is 3.97. The number of imidazole rings is 1. The van der Waals surface area contributed by atoms with Crippen molar-refractivity contribution in [1.29, 1.82) is 5.26 Å². The maximum atomic E-state index is 12.7. The third-order valence-electron chi connectivity index (χ3n) is 5.28. The number of carbonyl (C=O) groups is 1. The number of nitrogens with zero attached hydrogens (tertiary/aromatic N) is 4. The normalized spacial score (nSPS) is 17.5. The van der Waals surface area contributed by atoms with E-state index in [-0.39, 0.29) is 11.9 Å². The van der Waals surface area contributed by atoms with Gasteiger partial charge in [0.15, 0.2) is 0 Å². The number of nitriles is 1. The molecule has 8 nitrogen and oxygen atoms in total. The Hall–Kier alpha value is -3.15. The number of H-pyrrole nitrogens is 1. The van der Waals surface area contributed by atoms with E-state index in [1.165, 1.54) is 0 Å². The molecule has 0 aliphatic carbocycles. The molecule has 3 aromatic rings. The van der Waals surface area contributed by atoms with Crippen molar-refractivity contribution in [2.45, 2.75) is 6.04 Å². The van der Waals surface area contributed by atoms with Gasteiger partial charge >= 0.3 is 0 Å². The van der Waals surface area contributed by atoms with Crippen molar-refractivity contribution >= 4 is 16.8 Å². The number of aromatic nitrogens is 3. The molecule has 4 rings (SSSR count). The second kappa shape index (κ2) is 7.84. The molecule has 28 heavy (non-hydrogen) atoms. The number of amides is 1. The van der Waals surface area contributed by atoms with E-state index in [9.17, 15) is 10.1 Å². The molecule has 1 atom stereocenters. The van der Waals surface area contributed by atoms with Crippen LogP contribution >= 0.6 is 0 Å². The van der Waals surface area contributed by atoms with Gasteiger partial charge in [-0.15, -0.1) is 0 Å². The average Bonchev–Trinajstić information content (AvgIpc) is 3.33. The number of aromatic amines is 1. The van der Waals surface area contributed by atoms with Gasteiger partial charge in [-0.1, -0.05) is 12.1 Å². The topological polar surface area (TPSA) is 102 Å². The molecule has 0 saturated carbocycles. The van der Waals surface area contributed by atoms with Gasteiger partial charge in [-0.05, 0) is 6.07 Å². The van der Waals surface area contributed by atoms with E-state index in [0.717, 1.165) is 37.4 Å². The maximum absolute atomic E-state index is 12.7. The van der Waals surface area contributed by atoms with Gasteiger partial charge in [0.1, 0.15) is 11.9 Å². The molecule has 0 spiro atoms. The summed E-state index contributed by atoms with van der Waals surface area (Å²) in [6.07, 6.45) is 5.41. The molecular weight excluding hydrogens is 354 g/mol. The van der Waals surface area contributed by atoms with E-state index in [1.54, 1.807) is 18.3 Å². The molecule has 3 heterocycles. The summed E-state index contributed by atoms with van der Waals surface area (Å²) in [4.78, 5) is 22.6. The summed E-state index contributed by atoms with van der Waals surface area (Å²) in [7, 11) is 2.00. The van der Waals surface area contributed by atoms with Crippen molar-refractivity contribution in [3.63, 3.8) is 0 Å². The second-order valence-electron chi connectivity index (χ2n) is 6.95. The van der Waals surface area contributed by atoms with Crippen LogP contribution in [0.1, 0.15) is 27.8 Å². The van der Waals surface area contributed by atoms with Crippen molar-refractivity contribution in [3.8, 4) is 6.07 Å². The molecular formula is C20H23N7O. The van der Waals surface area contributed by atoms with Gasteiger partial charge in [0.2, 0.25) is 0 Å². The van der Waals surface area contributed by atoms with Crippen LogP contribution in [0.5, 0.6) is 0 Å². The highest BCUT2D eigenvalue weighted by Gasteiger charge is 2.26. The van der Waals surface area contributed by atoms with Gasteiger partial charge in [-0.3, -0.25) is 9.69 Å². The van der Waals surface area contributed by atoms with Crippen molar-refractivity contribution in [2.75, 3.05) is 32.7 Å². The minimum Gasteiger partial charge on any atom is -0.359 e. The highest BCUT2D eigenvalue weighted by Crippen LogP contribution is 2.22. The number of fused-ring (bicyclic) bond motifs is 1. The lowest BCUT2D eigenvalue weighted by Gasteiger charge is -2.35. The largest absolute Gasteiger partial charge is 0.359 e. The standard InChI is InChI=1S/C20H23N7O/c1-26-8-6-23-19(26)17-13-22-5-9-27(17)10-7-24-20(28)16-4-2-3-15-14(11-21)12-25-18(15)16/h2-4,6,8,12,17,22,25H,5,7,9-10,13H2,1H3,(H,24,28). The van der Waals surface area contributed by atoms with E-state index in [2.05, 4.69) is 31.6 Å². The first-order valence-corrected chi connectivity index (χ1v) is 9.39. The van der Waals surface area contributed by atoms with E-state index in [4.69, 9.17) is 0 Å². The van der Waals surface area contributed by atoms with Crippen molar-refractivity contribution < 1.29 is 4.79 Å². The lowest BCUT2D eigenvalue weighted by atomic mass is 10.1. The van der Waals surface area contributed by atoms with Gasteiger partial charge in [0.25, 0.3) is 5.91 Å². The second-order valence-corrected chi connectivity index (χ2v) is 6.95. The fourth-order valence-electron chi connectivity index (χ4n) is 3.81. The minimum absolute atomic E-state index is 0.138. The summed E-state index contributed by atoms with van der Waals surface area (Å²) in [6, 6.07) is 7.76. The lowest BCUT2D eigenvalue weighted by Crippen LogP contribution is -2.49. The van der Waals surface area contributed by atoms with E-state index >= 15 is 0 Å². The molecule has 1 amide bonds. The van der Waals surface area contributed by atoms with Gasteiger partial charge in [0, 0.05) is 63.7 Å². The number of carbonyl (C=O) groups excluding carboxylic acids is 1. The Morgan fingerprint density at radius 3 is 3.14 bits per heavy atom. The molecule has 1 unspecified atom stereocenters. The van der Waals surface area contributed by atoms with Crippen LogP contribution in [0.25, 0.3) is 10.9 Å². The van der Waals surface area contributed by atoms with Crippen LogP contribution in [0.3, 0.4) is 0 Å². The Bertz CT molecular complexity index is 1030. The summed E-state index contributed by atoms with van der Waals surface area (Å²) in [5, 5.41) is 16.4. The molecule has 1 aliphatic rings. The molecule has 0 bridgehead atoms. The SMILES string of the molecule is Cn1ccnc1C1CNCCN1CCNC(=O)c1cccc2c(C#N)c[nH]c12. The Labute approximate surface area is 163 Å². The van der Waals surface area contributed by atoms with Crippen LogP contribution in [-0.4, -0.2) is 58.1 Å². The number of piperazine rings is 1. The molecule has 8 heteroatoms.